The number of aromatic nitrogens is 4. The van der Waals surface area contributed by atoms with Gasteiger partial charge in [-0.1, -0.05) is 0 Å². The molecule has 1 fully saturated rings. The van der Waals surface area contributed by atoms with Crippen molar-refractivity contribution in [1.82, 2.24) is 20.2 Å². The molecule has 2 heterocycles. The maximum absolute atomic E-state index is 11.5. The van der Waals surface area contributed by atoms with E-state index in [-0.39, 0.29) is 12.5 Å². The molecule has 0 saturated heterocycles. The second-order valence-corrected chi connectivity index (χ2v) is 7.09. The number of carboxylic acids is 1. The van der Waals surface area contributed by atoms with Crippen molar-refractivity contribution in [3.05, 3.63) is 40.7 Å². The molecule has 2 aromatic rings. The number of carboxylic acid groups (broad SMARTS) is 1. The molecule has 1 aliphatic carbocycles. The number of aromatic amines is 1. The Morgan fingerprint density at radius 3 is 2.56 bits per heavy atom. The van der Waals surface area contributed by atoms with Crippen molar-refractivity contribution < 1.29 is 15.0 Å². The van der Waals surface area contributed by atoms with Gasteiger partial charge in [0.1, 0.15) is 5.82 Å². The fraction of sp³-hybridized carbons (Fsp3) is 0.556. The normalized spacial score (nSPS) is 23.6. The van der Waals surface area contributed by atoms with Crippen LogP contribution in [0, 0.1) is 19.3 Å². The zero-order valence-corrected chi connectivity index (χ0v) is 14.6. The molecule has 2 aromatic heterocycles. The van der Waals surface area contributed by atoms with Crippen molar-refractivity contribution in [3.63, 3.8) is 0 Å². The molecule has 0 atom stereocenters. The summed E-state index contributed by atoms with van der Waals surface area (Å²) >= 11 is 0. The lowest BCUT2D eigenvalue weighted by Gasteiger charge is -2.35. The summed E-state index contributed by atoms with van der Waals surface area (Å²) in [4.78, 5) is 20.7. The summed E-state index contributed by atoms with van der Waals surface area (Å²) in [7, 11) is 0. The number of hydrogen-bond acceptors (Lipinski definition) is 5. The van der Waals surface area contributed by atoms with Crippen LogP contribution >= 0.6 is 0 Å². The highest BCUT2D eigenvalue weighted by molar-refractivity contribution is 5.75. The van der Waals surface area contributed by atoms with E-state index in [1.807, 2.05) is 26.0 Å². The van der Waals surface area contributed by atoms with Crippen molar-refractivity contribution >= 4 is 5.97 Å². The first kappa shape index (κ1) is 17.5. The Balaban J connectivity index is 1.76. The smallest absolute Gasteiger partial charge is 0.311 e. The molecule has 3 rings (SSSR count). The number of H-pyrrole nitrogens is 1. The summed E-state index contributed by atoms with van der Waals surface area (Å²) in [6.07, 6.45) is 2.94. The number of aliphatic hydroxyl groups excluding tert-OH is 1. The molecule has 0 aromatic carbocycles. The van der Waals surface area contributed by atoms with E-state index in [0.717, 1.165) is 28.6 Å². The summed E-state index contributed by atoms with van der Waals surface area (Å²) in [5, 5.41) is 26.1. The predicted octanol–water partition coefficient (Wildman–Crippen LogP) is 2.13. The number of hydrogen-bond donors (Lipinski definition) is 3. The molecule has 0 spiro atoms. The van der Waals surface area contributed by atoms with Crippen LogP contribution in [-0.2, 0) is 11.2 Å². The minimum Gasteiger partial charge on any atom is -0.481 e. The molecule has 0 amide bonds. The maximum Gasteiger partial charge on any atom is 0.311 e. The van der Waals surface area contributed by atoms with Gasteiger partial charge in [-0.2, -0.15) is 5.10 Å². The summed E-state index contributed by atoms with van der Waals surface area (Å²) < 4.78 is 0. The van der Waals surface area contributed by atoms with E-state index in [9.17, 15) is 15.0 Å². The topological polar surface area (TPSA) is 112 Å². The van der Waals surface area contributed by atoms with Crippen LogP contribution in [0.1, 0.15) is 60.2 Å². The SMILES string of the molecule is Cc1cc(C2CCC(CO)(C(=O)O)CC2)nc(Cc2cc(C)[nH]n2)n1. The first-order valence-electron chi connectivity index (χ1n) is 8.61. The third-order valence-electron chi connectivity index (χ3n) is 5.14. The van der Waals surface area contributed by atoms with Crippen molar-refractivity contribution in [2.24, 2.45) is 5.41 Å². The maximum atomic E-state index is 11.5. The average Bonchev–Trinajstić information content (AvgIpc) is 2.99. The van der Waals surface area contributed by atoms with E-state index in [2.05, 4.69) is 15.2 Å². The molecule has 0 aliphatic heterocycles. The Kier molecular flexibility index (Phi) is 4.85. The van der Waals surface area contributed by atoms with Gasteiger partial charge >= 0.3 is 5.97 Å². The average molecular weight is 344 g/mol. The molecule has 1 aliphatic rings. The van der Waals surface area contributed by atoms with Gasteiger partial charge in [-0.3, -0.25) is 9.89 Å². The Hall–Kier alpha value is -2.28. The van der Waals surface area contributed by atoms with E-state index in [1.165, 1.54) is 0 Å². The predicted molar refractivity (Wildman–Crippen MR) is 91.3 cm³/mol. The number of nitrogens with one attached hydrogen (secondary N) is 1. The standard InChI is InChI=1S/C18H24N4O3/c1-11-8-15(13-3-5-18(10-23,6-4-13)17(24)25)20-16(19-11)9-14-7-12(2)21-22-14/h7-8,13,23H,3-6,9-10H2,1-2H3,(H,21,22)(H,24,25). The number of aryl methyl sites for hydroxylation is 2. The molecule has 134 valence electrons. The van der Waals surface area contributed by atoms with Gasteiger partial charge in [-0.25, -0.2) is 9.97 Å². The van der Waals surface area contributed by atoms with Gasteiger partial charge in [0, 0.05) is 23.0 Å². The Bertz CT molecular complexity index is 763. The van der Waals surface area contributed by atoms with Crippen LogP contribution in [-0.4, -0.2) is 43.0 Å². The Morgan fingerprint density at radius 1 is 1.28 bits per heavy atom. The number of rotatable bonds is 5. The minimum absolute atomic E-state index is 0.209. The van der Waals surface area contributed by atoms with Gasteiger partial charge in [-0.15, -0.1) is 0 Å². The lowest BCUT2D eigenvalue weighted by atomic mass is 9.70. The minimum atomic E-state index is -0.992. The van der Waals surface area contributed by atoms with Crippen LogP contribution < -0.4 is 0 Å². The van der Waals surface area contributed by atoms with E-state index >= 15 is 0 Å². The fourth-order valence-electron chi connectivity index (χ4n) is 3.58. The molecule has 0 unspecified atom stereocenters. The Morgan fingerprint density at radius 2 is 2.00 bits per heavy atom. The second-order valence-electron chi connectivity index (χ2n) is 7.09. The highest BCUT2D eigenvalue weighted by Crippen LogP contribution is 2.42. The van der Waals surface area contributed by atoms with Crippen LogP contribution in [0.5, 0.6) is 0 Å². The summed E-state index contributed by atoms with van der Waals surface area (Å²) in [6.45, 7) is 3.60. The molecular formula is C18H24N4O3. The van der Waals surface area contributed by atoms with E-state index in [4.69, 9.17) is 4.98 Å². The summed E-state index contributed by atoms with van der Waals surface area (Å²) in [6, 6.07) is 3.96. The van der Waals surface area contributed by atoms with Crippen LogP contribution in [0.25, 0.3) is 0 Å². The van der Waals surface area contributed by atoms with Crippen LogP contribution in [0.15, 0.2) is 12.1 Å². The largest absolute Gasteiger partial charge is 0.481 e. The molecule has 7 nitrogen and oxygen atoms in total. The van der Waals surface area contributed by atoms with Crippen molar-refractivity contribution in [1.29, 1.82) is 0 Å². The van der Waals surface area contributed by atoms with Gasteiger partial charge in [-0.05, 0) is 51.7 Å². The number of aliphatic hydroxyl groups is 1. The molecule has 7 heteroatoms. The highest BCUT2D eigenvalue weighted by Gasteiger charge is 2.42. The van der Waals surface area contributed by atoms with Gasteiger partial charge in [0.05, 0.1) is 24.1 Å². The lowest BCUT2D eigenvalue weighted by molar-refractivity contribution is -0.154. The summed E-state index contributed by atoms with van der Waals surface area (Å²) in [5.41, 5.74) is 2.79. The first-order valence-corrected chi connectivity index (χ1v) is 8.61. The molecule has 0 bridgehead atoms. The summed E-state index contributed by atoms with van der Waals surface area (Å²) in [5.74, 6) is 0.0426. The van der Waals surface area contributed by atoms with Crippen LogP contribution in [0.2, 0.25) is 0 Å². The zero-order chi connectivity index (χ0) is 18.0. The van der Waals surface area contributed by atoms with Crippen LogP contribution in [0.3, 0.4) is 0 Å². The van der Waals surface area contributed by atoms with Crippen molar-refractivity contribution in [2.45, 2.75) is 51.9 Å². The van der Waals surface area contributed by atoms with Crippen molar-refractivity contribution in [3.8, 4) is 0 Å². The molecule has 0 radical (unpaired) electrons. The second kappa shape index (κ2) is 6.92. The quantitative estimate of drug-likeness (QED) is 0.766. The number of carbonyl (C=O) groups is 1. The number of nitrogens with zero attached hydrogens (tertiary/aromatic N) is 3. The van der Waals surface area contributed by atoms with Gasteiger partial charge in [0.2, 0.25) is 0 Å². The van der Waals surface area contributed by atoms with E-state index in [1.54, 1.807) is 0 Å². The fourth-order valence-corrected chi connectivity index (χ4v) is 3.58. The molecule has 25 heavy (non-hydrogen) atoms. The van der Waals surface area contributed by atoms with Gasteiger partial charge < -0.3 is 10.2 Å². The van der Waals surface area contributed by atoms with Gasteiger partial charge in [0.15, 0.2) is 0 Å². The Labute approximate surface area is 146 Å². The third kappa shape index (κ3) is 3.71. The molecular weight excluding hydrogens is 320 g/mol. The van der Waals surface area contributed by atoms with Crippen LogP contribution in [0.4, 0.5) is 0 Å². The van der Waals surface area contributed by atoms with E-state index < -0.39 is 11.4 Å². The highest BCUT2D eigenvalue weighted by atomic mass is 16.4. The van der Waals surface area contributed by atoms with Crippen molar-refractivity contribution in [2.75, 3.05) is 6.61 Å². The van der Waals surface area contributed by atoms with Gasteiger partial charge in [0.25, 0.3) is 0 Å². The molecule has 1 saturated carbocycles. The third-order valence-corrected chi connectivity index (χ3v) is 5.14. The van der Waals surface area contributed by atoms with E-state index in [0.29, 0.717) is 32.1 Å². The first-order chi connectivity index (χ1) is 11.9. The number of aliphatic carboxylic acids is 1. The lowest BCUT2D eigenvalue weighted by Crippen LogP contribution is -2.38. The monoisotopic (exact) mass is 344 g/mol. The zero-order valence-electron chi connectivity index (χ0n) is 14.6. The molecule has 3 N–H and O–H groups in total.